The van der Waals surface area contributed by atoms with E-state index in [4.69, 9.17) is 0 Å². The molecule has 2 aromatic rings. The molecule has 0 aliphatic carbocycles. The lowest BCUT2D eigenvalue weighted by molar-refractivity contribution is -0.146. The average Bonchev–Trinajstić information content (AvgIpc) is 3.25. The molecule has 6 nitrogen and oxygen atoms in total. The number of anilines is 1. The van der Waals surface area contributed by atoms with Crippen LogP contribution in [0.3, 0.4) is 0 Å². The van der Waals surface area contributed by atoms with Crippen LogP contribution in [0.25, 0.3) is 0 Å². The van der Waals surface area contributed by atoms with Crippen LogP contribution < -0.4 is 4.90 Å². The fourth-order valence-electron chi connectivity index (χ4n) is 6.00. The Labute approximate surface area is 188 Å². The summed E-state index contributed by atoms with van der Waals surface area (Å²) in [5.74, 6) is -1.26. The maximum Gasteiger partial charge on any atom is 0.259 e. The summed E-state index contributed by atoms with van der Waals surface area (Å²) < 4.78 is 0. The highest BCUT2D eigenvalue weighted by molar-refractivity contribution is 6.25. The maximum atomic E-state index is 13.9. The third-order valence-corrected chi connectivity index (χ3v) is 7.16. The van der Waals surface area contributed by atoms with E-state index in [0.29, 0.717) is 12.1 Å². The second kappa shape index (κ2) is 6.75. The number of carbonyl (C=O) groups excluding carboxylic acids is 3. The van der Waals surface area contributed by atoms with Gasteiger partial charge in [0.2, 0.25) is 11.8 Å². The van der Waals surface area contributed by atoms with Crippen LogP contribution in [0.2, 0.25) is 0 Å². The molecular formula is C26H29N3O3. The number of hydrogen-bond donors (Lipinski definition) is 0. The van der Waals surface area contributed by atoms with Crippen LogP contribution in [0, 0.1) is 33.6 Å². The van der Waals surface area contributed by atoms with Gasteiger partial charge in [-0.05, 0) is 58.2 Å². The Balaban J connectivity index is 1.68. The van der Waals surface area contributed by atoms with Crippen molar-refractivity contribution in [2.75, 3.05) is 4.90 Å². The number of benzene rings is 2. The zero-order valence-electron chi connectivity index (χ0n) is 19.5. The lowest BCUT2D eigenvalue weighted by Gasteiger charge is -2.38. The van der Waals surface area contributed by atoms with Gasteiger partial charge < -0.3 is 0 Å². The minimum atomic E-state index is -0.803. The summed E-state index contributed by atoms with van der Waals surface area (Å²) in [4.78, 5) is 42.2. The molecule has 0 saturated carbocycles. The van der Waals surface area contributed by atoms with Gasteiger partial charge in [-0.15, -0.1) is 0 Å². The molecule has 0 aromatic heterocycles. The number of carbonyl (C=O) groups is 3. The Hall–Kier alpha value is -2.99. The summed E-state index contributed by atoms with van der Waals surface area (Å²) in [5.41, 5.74) is 5.12. The number of imide groups is 1. The fraction of sp³-hybridized carbons (Fsp3) is 0.423. The van der Waals surface area contributed by atoms with Crippen LogP contribution in [-0.2, 0) is 14.4 Å². The molecule has 0 bridgehead atoms. The van der Waals surface area contributed by atoms with E-state index in [1.54, 1.807) is 5.01 Å². The smallest absolute Gasteiger partial charge is 0.259 e. The van der Waals surface area contributed by atoms with Gasteiger partial charge in [-0.2, -0.15) is 0 Å². The van der Waals surface area contributed by atoms with Crippen LogP contribution >= 0.6 is 0 Å². The topological polar surface area (TPSA) is 60.9 Å². The first kappa shape index (κ1) is 20.9. The van der Waals surface area contributed by atoms with Crippen molar-refractivity contribution in [1.82, 2.24) is 10.0 Å². The first-order valence-electron chi connectivity index (χ1n) is 11.2. The molecular weight excluding hydrogens is 402 g/mol. The predicted molar refractivity (Wildman–Crippen MR) is 122 cm³/mol. The van der Waals surface area contributed by atoms with Gasteiger partial charge in [0.1, 0.15) is 6.04 Å². The summed E-state index contributed by atoms with van der Waals surface area (Å²) in [7, 11) is 0. The minimum absolute atomic E-state index is 0.0973. The molecule has 3 fully saturated rings. The number of rotatable bonds is 2. The number of hydrazine groups is 1. The second-order valence-corrected chi connectivity index (χ2v) is 10.2. The molecule has 6 heteroatoms. The van der Waals surface area contributed by atoms with E-state index in [1.807, 2.05) is 82.9 Å². The van der Waals surface area contributed by atoms with E-state index >= 15 is 0 Å². The zero-order chi connectivity index (χ0) is 23.1. The van der Waals surface area contributed by atoms with Gasteiger partial charge in [-0.25, -0.2) is 9.91 Å². The first-order valence-corrected chi connectivity index (χ1v) is 11.2. The molecule has 3 amide bonds. The first-order chi connectivity index (χ1) is 15.0. The van der Waals surface area contributed by atoms with Gasteiger partial charge in [0.25, 0.3) is 5.91 Å². The largest absolute Gasteiger partial charge is 0.274 e. The highest BCUT2D eigenvalue weighted by atomic mass is 16.2. The lowest BCUT2D eigenvalue weighted by Crippen LogP contribution is -2.50. The maximum absolute atomic E-state index is 13.9. The highest BCUT2D eigenvalue weighted by Crippen LogP contribution is 2.54. The average molecular weight is 432 g/mol. The number of aryl methyl sites for hydroxylation is 4. The Bertz CT molecular complexity index is 1140. The second-order valence-electron chi connectivity index (χ2n) is 10.2. The van der Waals surface area contributed by atoms with E-state index in [1.165, 1.54) is 4.90 Å². The predicted octanol–water partition coefficient (Wildman–Crippen LogP) is 3.76. The van der Waals surface area contributed by atoms with Crippen LogP contribution in [0.15, 0.2) is 36.4 Å². The van der Waals surface area contributed by atoms with E-state index in [2.05, 4.69) is 0 Å². The van der Waals surface area contributed by atoms with Crippen LogP contribution in [-0.4, -0.2) is 39.3 Å². The minimum Gasteiger partial charge on any atom is -0.274 e. The van der Waals surface area contributed by atoms with E-state index in [-0.39, 0.29) is 23.8 Å². The molecule has 0 spiro atoms. The molecule has 3 atom stereocenters. The van der Waals surface area contributed by atoms with Crippen molar-refractivity contribution in [3.05, 3.63) is 64.2 Å². The third-order valence-electron chi connectivity index (χ3n) is 7.16. The van der Waals surface area contributed by atoms with Gasteiger partial charge >= 0.3 is 0 Å². The highest BCUT2D eigenvalue weighted by Gasteiger charge is 2.68. The van der Waals surface area contributed by atoms with E-state index in [9.17, 15) is 14.4 Å². The molecule has 3 aliphatic rings. The molecule has 166 valence electrons. The van der Waals surface area contributed by atoms with Crippen molar-refractivity contribution in [2.45, 2.75) is 65.6 Å². The lowest BCUT2D eigenvalue weighted by atomic mass is 9.86. The molecule has 3 aliphatic heterocycles. The molecule has 0 unspecified atom stereocenters. The SMILES string of the molecule is Cc1ccc([C@@H]2[C@@H]3C(=O)N(c4c(C)cc(C)cc4C)C(=O)[C@@H]3N3C(=O)CC(C)(C)N23)cc1. The monoisotopic (exact) mass is 431 g/mol. The van der Waals surface area contributed by atoms with Crippen molar-refractivity contribution in [1.29, 1.82) is 0 Å². The Morgan fingerprint density at radius 1 is 0.812 bits per heavy atom. The summed E-state index contributed by atoms with van der Waals surface area (Å²) >= 11 is 0. The van der Waals surface area contributed by atoms with Crippen LogP contribution in [0.1, 0.15) is 54.1 Å². The van der Waals surface area contributed by atoms with E-state index in [0.717, 1.165) is 27.8 Å². The van der Waals surface area contributed by atoms with Crippen LogP contribution in [0.4, 0.5) is 5.69 Å². The van der Waals surface area contributed by atoms with Crippen molar-refractivity contribution in [2.24, 2.45) is 5.92 Å². The van der Waals surface area contributed by atoms with Gasteiger partial charge in [-0.1, -0.05) is 47.5 Å². The van der Waals surface area contributed by atoms with Crippen molar-refractivity contribution < 1.29 is 14.4 Å². The molecule has 3 saturated heterocycles. The number of amides is 3. The van der Waals surface area contributed by atoms with E-state index < -0.39 is 17.5 Å². The molecule has 32 heavy (non-hydrogen) atoms. The summed E-state index contributed by atoms with van der Waals surface area (Å²) in [6, 6.07) is 10.9. The summed E-state index contributed by atoms with van der Waals surface area (Å²) in [6.07, 6.45) is 0.322. The van der Waals surface area contributed by atoms with Crippen molar-refractivity contribution >= 4 is 23.4 Å². The zero-order valence-corrected chi connectivity index (χ0v) is 19.5. The summed E-state index contributed by atoms with van der Waals surface area (Å²) in [6.45, 7) is 11.9. The molecule has 0 N–H and O–H groups in total. The number of nitrogens with zero attached hydrogens (tertiary/aromatic N) is 3. The molecule has 3 heterocycles. The van der Waals surface area contributed by atoms with Gasteiger partial charge in [0, 0.05) is 12.0 Å². The molecule has 0 radical (unpaired) electrons. The van der Waals surface area contributed by atoms with Gasteiger partial charge in [0.05, 0.1) is 17.6 Å². The van der Waals surface area contributed by atoms with Gasteiger partial charge in [0.15, 0.2) is 0 Å². The molecule has 5 rings (SSSR count). The third kappa shape index (κ3) is 2.72. The van der Waals surface area contributed by atoms with Gasteiger partial charge in [-0.3, -0.25) is 19.4 Å². The summed E-state index contributed by atoms with van der Waals surface area (Å²) in [5, 5.41) is 3.59. The van der Waals surface area contributed by atoms with Crippen molar-refractivity contribution in [3.63, 3.8) is 0 Å². The Kier molecular flexibility index (Phi) is 4.41. The molecule has 2 aromatic carbocycles. The number of fused-ring (bicyclic) bond motifs is 3. The Morgan fingerprint density at radius 3 is 2.00 bits per heavy atom. The standard InChI is InChI=1S/C26H29N3O3/c1-14-7-9-18(10-8-14)22-20-23(28-19(30)13-26(5,6)29(22)28)25(32)27(24(20)31)21-16(3)11-15(2)12-17(21)4/h7-12,20,22-23H,13H2,1-6H3/t20-,22+,23+/m0/s1. The fourth-order valence-corrected chi connectivity index (χ4v) is 6.00. The van der Waals surface area contributed by atoms with Crippen molar-refractivity contribution in [3.8, 4) is 0 Å². The number of hydrogen-bond acceptors (Lipinski definition) is 4. The normalized spacial score (nSPS) is 26.8. The van der Waals surface area contributed by atoms with Crippen LogP contribution in [0.5, 0.6) is 0 Å². The Morgan fingerprint density at radius 2 is 1.41 bits per heavy atom. The quantitative estimate of drug-likeness (QED) is 0.680.